The minimum absolute atomic E-state index is 0.00810. The van der Waals surface area contributed by atoms with Crippen molar-refractivity contribution in [3.05, 3.63) is 28.8 Å². The van der Waals surface area contributed by atoms with Crippen LogP contribution in [0.15, 0.2) is 18.2 Å². The summed E-state index contributed by atoms with van der Waals surface area (Å²) in [5.41, 5.74) is 6.83. The first kappa shape index (κ1) is 17.8. The number of carbonyl (C=O) groups excluding carboxylic acids is 1. The average Bonchev–Trinajstić information content (AvgIpc) is 2.46. The van der Waals surface area contributed by atoms with Crippen molar-refractivity contribution >= 4 is 23.2 Å². The molecule has 0 aliphatic heterocycles. The van der Waals surface area contributed by atoms with Gasteiger partial charge in [0.2, 0.25) is 0 Å². The molecule has 21 heavy (non-hydrogen) atoms. The van der Waals surface area contributed by atoms with E-state index in [-0.39, 0.29) is 5.91 Å². The van der Waals surface area contributed by atoms with E-state index in [0.29, 0.717) is 22.8 Å². The SMILES string of the molecule is CCN(CC)CCCN(CC)C(=O)c1cc(N)cc(Cl)c1. The molecule has 0 saturated heterocycles. The first-order valence-electron chi connectivity index (χ1n) is 7.59. The Hall–Kier alpha value is -1.26. The fourth-order valence-electron chi connectivity index (χ4n) is 2.35. The van der Waals surface area contributed by atoms with Crippen LogP contribution in [0.5, 0.6) is 0 Å². The molecule has 0 bridgehead atoms. The van der Waals surface area contributed by atoms with Gasteiger partial charge in [0.1, 0.15) is 0 Å². The van der Waals surface area contributed by atoms with Crippen molar-refractivity contribution < 1.29 is 4.79 Å². The third-order valence-corrected chi connectivity index (χ3v) is 3.85. The molecule has 0 saturated carbocycles. The molecule has 0 aromatic heterocycles. The van der Waals surface area contributed by atoms with Gasteiger partial charge in [0, 0.05) is 29.4 Å². The van der Waals surface area contributed by atoms with Crippen LogP contribution in [0.3, 0.4) is 0 Å². The largest absolute Gasteiger partial charge is 0.399 e. The zero-order valence-electron chi connectivity index (χ0n) is 13.2. The highest BCUT2D eigenvalue weighted by molar-refractivity contribution is 6.31. The minimum Gasteiger partial charge on any atom is -0.399 e. The molecule has 0 atom stereocenters. The normalized spacial score (nSPS) is 10.9. The van der Waals surface area contributed by atoms with Crippen LogP contribution in [-0.4, -0.2) is 48.4 Å². The van der Waals surface area contributed by atoms with Crippen LogP contribution in [0.1, 0.15) is 37.6 Å². The van der Waals surface area contributed by atoms with Gasteiger partial charge in [0.25, 0.3) is 5.91 Å². The quantitative estimate of drug-likeness (QED) is 0.750. The highest BCUT2D eigenvalue weighted by atomic mass is 35.5. The minimum atomic E-state index is -0.00810. The predicted molar refractivity (Wildman–Crippen MR) is 89.8 cm³/mol. The number of amides is 1. The number of halogens is 1. The highest BCUT2D eigenvalue weighted by Gasteiger charge is 2.15. The monoisotopic (exact) mass is 311 g/mol. The standard InChI is InChI=1S/C16H26ClN3O/c1-4-19(5-2)8-7-9-20(6-3)16(21)13-10-14(17)12-15(18)11-13/h10-12H,4-9,18H2,1-3H3. The Labute approximate surface area is 132 Å². The lowest BCUT2D eigenvalue weighted by Crippen LogP contribution is -2.34. The Kier molecular flexibility index (Phi) is 7.54. The molecule has 118 valence electrons. The maximum atomic E-state index is 12.5. The number of carbonyl (C=O) groups is 1. The van der Waals surface area contributed by atoms with Gasteiger partial charge in [-0.1, -0.05) is 25.4 Å². The van der Waals surface area contributed by atoms with E-state index in [1.165, 1.54) is 0 Å². The molecule has 0 unspecified atom stereocenters. The van der Waals surface area contributed by atoms with Crippen LogP contribution in [-0.2, 0) is 0 Å². The summed E-state index contributed by atoms with van der Waals surface area (Å²) in [5.74, 6) is -0.00810. The number of nitrogens with two attached hydrogens (primary N) is 1. The molecule has 1 rings (SSSR count). The van der Waals surface area contributed by atoms with Crippen molar-refractivity contribution in [3.8, 4) is 0 Å². The summed E-state index contributed by atoms with van der Waals surface area (Å²) in [4.78, 5) is 16.7. The fraction of sp³-hybridized carbons (Fsp3) is 0.562. The number of anilines is 1. The lowest BCUT2D eigenvalue weighted by atomic mass is 10.1. The number of nitrogens with zero attached hydrogens (tertiary/aromatic N) is 2. The Morgan fingerprint density at radius 1 is 1.10 bits per heavy atom. The number of benzene rings is 1. The third kappa shape index (κ3) is 5.56. The lowest BCUT2D eigenvalue weighted by molar-refractivity contribution is 0.0757. The fourth-order valence-corrected chi connectivity index (χ4v) is 2.59. The summed E-state index contributed by atoms with van der Waals surface area (Å²) in [7, 11) is 0. The zero-order valence-corrected chi connectivity index (χ0v) is 14.0. The van der Waals surface area contributed by atoms with Gasteiger partial charge in [-0.2, -0.15) is 0 Å². The highest BCUT2D eigenvalue weighted by Crippen LogP contribution is 2.18. The Morgan fingerprint density at radius 2 is 1.76 bits per heavy atom. The van der Waals surface area contributed by atoms with Crippen LogP contribution in [0.2, 0.25) is 5.02 Å². The topological polar surface area (TPSA) is 49.6 Å². The van der Waals surface area contributed by atoms with E-state index >= 15 is 0 Å². The molecule has 1 amide bonds. The van der Waals surface area contributed by atoms with Gasteiger partial charge in [-0.05, 0) is 51.2 Å². The molecule has 5 heteroatoms. The molecule has 0 radical (unpaired) electrons. The summed E-state index contributed by atoms with van der Waals surface area (Å²) < 4.78 is 0. The van der Waals surface area contributed by atoms with Crippen molar-refractivity contribution in [2.24, 2.45) is 0 Å². The van der Waals surface area contributed by atoms with Gasteiger partial charge in [-0.25, -0.2) is 0 Å². The molecule has 2 N–H and O–H groups in total. The number of nitrogen functional groups attached to an aromatic ring is 1. The van der Waals surface area contributed by atoms with E-state index in [2.05, 4.69) is 18.7 Å². The third-order valence-electron chi connectivity index (χ3n) is 3.63. The molecular weight excluding hydrogens is 286 g/mol. The van der Waals surface area contributed by atoms with E-state index in [1.807, 2.05) is 11.8 Å². The van der Waals surface area contributed by atoms with Gasteiger partial charge < -0.3 is 15.5 Å². The first-order chi connectivity index (χ1) is 10.0. The lowest BCUT2D eigenvalue weighted by Gasteiger charge is -2.24. The summed E-state index contributed by atoms with van der Waals surface area (Å²) in [6.45, 7) is 10.8. The summed E-state index contributed by atoms with van der Waals surface area (Å²) >= 11 is 5.97. The van der Waals surface area contributed by atoms with Gasteiger partial charge >= 0.3 is 0 Å². The molecule has 4 nitrogen and oxygen atoms in total. The van der Waals surface area contributed by atoms with Crippen molar-refractivity contribution in [1.82, 2.24) is 9.80 Å². The average molecular weight is 312 g/mol. The Balaban J connectivity index is 2.64. The van der Waals surface area contributed by atoms with Gasteiger partial charge in [0.05, 0.1) is 0 Å². The van der Waals surface area contributed by atoms with Crippen molar-refractivity contribution in [2.45, 2.75) is 27.2 Å². The van der Waals surface area contributed by atoms with Crippen LogP contribution in [0, 0.1) is 0 Å². The van der Waals surface area contributed by atoms with Crippen LogP contribution < -0.4 is 5.73 Å². The van der Waals surface area contributed by atoms with Gasteiger partial charge in [0.15, 0.2) is 0 Å². The number of hydrogen-bond donors (Lipinski definition) is 1. The zero-order chi connectivity index (χ0) is 15.8. The maximum Gasteiger partial charge on any atom is 0.253 e. The maximum absolute atomic E-state index is 12.5. The smallest absolute Gasteiger partial charge is 0.253 e. The molecule has 0 fully saturated rings. The van der Waals surface area contributed by atoms with E-state index in [1.54, 1.807) is 18.2 Å². The second kappa shape index (κ2) is 8.90. The molecule has 0 spiro atoms. The first-order valence-corrected chi connectivity index (χ1v) is 7.97. The van der Waals surface area contributed by atoms with Crippen molar-refractivity contribution in [3.63, 3.8) is 0 Å². The van der Waals surface area contributed by atoms with E-state index in [0.717, 1.165) is 32.6 Å². The van der Waals surface area contributed by atoms with Crippen LogP contribution in [0.25, 0.3) is 0 Å². The molecule has 0 aliphatic rings. The van der Waals surface area contributed by atoms with Crippen LogP contribution in [0.4, 0.5) is 5.69 Å². The molecule has 0 aliphatic carbocycles. The summed E-state index contributed by atoms with van der Waals surface area (Å²) in [6.07, 6.45) is 0.970. The van der Waals surface area contributed by atoms with E-state index < -0.39 is 0 Å². The molecular formula is C16H26ClN3O. The van der Waals surface area contributed by atoms with E-state index in [4.69, 9.17) is 17.3 Å². The second-order valence-electron chi connectivity index (χ2n) is 5.04. The van der Waals surface area contributed by atoms with Gasteiger partial charge in [-0.3, -0.25) is 4.79 Å². The Morgan fingerprint density at radius 3 is 2.29 bits per heavy atom. The molecule has 0 heterocycles. The summed E-state index contributed by atoms with van der Waals surface area (Å²) in [5, 5.41) is 0.498. The predicted octanol–water partition coefficient (Wildman–Crippen LogP) is 3.12. The molecule has 1 aromatic rings. The number of rotatable bonds is 8. The molecule has 1 aromatic carbocycles. The van der Waals surface area contributed by atoms with Crippen molar-refractivity contribution in [1.29, 1.82) is 0 Å². The number of hydrogen-bond acceptors (Lipinski definition) is 3. The Bertz CT molecular complexity index is 441. The van der Waals surface area contributed by atoms with Crippen molar-refractivity contribution in [2.75, 3.05) is 38.5 Å². The van der Waals surface area contributed by atoms with Crippen LogP contribution >= 0.6 is 11.6 Å². The van der Waals surface area contributed by atoms with E-state index in [9.17, 15) is 4.79 Å². The summed E-state index contributed by atoms with van der Waals surface area (Å²) in [6, 6.07) is 5.00. The second-order valence-corrected chi connectivity index (χ2v) is 5.47. The van der Waals surface area contributed by atoms with Gasteiger partial charge in [-0.15, -0.1) is 0 Å².